The molecule has 0 bridgehead atoms. The van der Waals surface area contributed by atoms with Crippen LogP contribution in [-0.2, 0) is 7.05 Å². The molecule has 18 heavy (non-hydrogen) atoms. The summed E-state index contributed by atoms with van der Waals surface area (Å²) in [5.74, 6) is 0.0213. The number of hydrogen-bond acceptors (Lipinski definition) is 3. The maximum Gasteiger partial charge on any atom is 0.274 e. The van der Waals surface area contributed by atoms with E-state index in [4.69, 9.17) is 5.73 Å². The Morgan fingerprint density at radius 1 is 1.50 bits per heavy atom. The lowest BCUT2D eigenvalue weighted by molar-refractivity contribution is 0.0636. The van der Waals surface area contributed by atoms with Crippen LogP contribution in [-0.4, -0.2) is 39.5 Å². The summed E-state index contributed by atoms with van der Waals surface area (Å²) < 4.78 is 1.80. The second kappa shape index (κ2) is 6.00. The number of carbonyl (C=O) groups excluding carboxylic acids is 1. The summed E-state index contributed by atoms with van der Waals surface area (Å²) in [6.07, 6.45) is 9.33. The van der Waals surface area contributed by atoms with Gasteiger partial charge in [0.1, 0.15) is 5.69 Å². The molecule has 100 valence electrons. The van der Waals surface area contributed by atoms with E-state index in [0.29, 0.717) is 24.8 Å². The van der Waals surface area contributed by atoms with Gasteiger partial charge < -0.3 is 15.2 Å². The molecule has 0 saturated heterocycles. The Morgan fingerprint density at radius 2 is 2.22 bits per heavy atom. The van der Waals surface area contributed by atoms with Crippen molar-refractivity contribution in [2.75, 3.05) is 13.1 Å². The van der Waals surface area contributed by atoms with E-state index in [1.165, 1.54) is 19.3 Å². The molecule has 0 atom stereocenters. The lowest BCUT2D eigenvalue weighted by atomic mass is 9.94. The van der Waals surface area contributed by atoms with Crippen molar-refractivity contribution in [3.63, 3.8) is 0 Å². The molecular weight excluding hydrogens is 228 g/mol. The standard InChI is InChI=1S/C13H22N4O/c1-16-9-12(15-10-16)13(18)17(8-7-14)11-5-3-2-4-6-11/h9-11H,2-8,14H2,1H3. The molecule has 1 amide bonds. The zero-order valence-corrected chi connectivity index (χ0v) is 11.0. The van der Waals surface area contributed by atoms with E-state index in [-0.39, 0.29) is 5.91 Å². The highest BCUT2D eigenvalue weighted by molar-refractivity contribution is 5.92. The summed E-state index contributed by atoms with van der Waals surface area (Å²) in [7, 11) is 1.87. The molecule has 2 rings (SSSR count). The van der Waals surface area contributed by atoms with E-state index in [2.05, 4.69) is 4.98 Å². The number of amides is 1. The highest BCUT2D eigenvalue weighted by Gasteiger charge is 2.26. The van der Waals surface area contributed by atoms with Gasteiger partial charge in [-0.15, -0.1) is 0 Å². The molecule has 5 nitrogen and oxygen atoms in total. The Hall–Kier alpha value is -1.36. The lowest BCUT2D eigenvalue weighted by Gasteiger charge is -2.33. The van der Waals surface area contributed by atoms with Crippen molar-refractivity contribution in [1.29, 1.82) is 0 Å². The van der Waals surface area contributed by atoms with Crippen LogP contribution >= 0.6 is 0 Å². The largest absolute Gasteiger partial charge is 0.340 e. The summed E-state index contributed by atoms with van der Waals surface area (Å²) in [4.78, 5) is 18.5. The topological polar surface area (TPSA) is 64.2 Å². The first-order valence-electron chi connectivity index (χ1n) is 6.71. The molecule has 0 spiro atoms. The van der Waals surface area contributed by atoms with Gasteiger partial charge in [-0.1, -0.05) is 19.3 Å². The summed E-state index contributed by atoms with van der Waals surface area (Å²) in [6.45, 7) is 1.13. The van der Waals surface area contributed by atoms with Crippen LogP contribution in [0.3, 0.4) is 0 Å². The maximum absolute atomic E-state index is 12.4. The molecule has 1 aliphatic rings. The Kier molecular flexibility index (Phi) is 4.36. The van der Waals surface area contributed by atoms with Crippen LogP contribution in [0.4, 0.5) is 0 Å². The van der Waals surface area contributed by atoms with Crippen LogP contribution in [0, 0.1) is 0 Å². The van der Waals surface area contributed by atoms with Crippen molar-refractivity contribution in [1.82, 2.24) is 14.5 Å². The minimum absolute atomic E-state index is 0.0213. The first-order chi connectivity index (χ1) is 8.72. The number of aryl methyl sites for hydroxylation is 1. The summed E-state index contributed by atoms with van der Waals surface area (Å²) in [6, 6.07) is 0.344. The van der Waals surface area contributed by atoms with Crippen LogP contribution in [0.15, 0.2) is 12.5 Å². The molecule has 5 heteroatoms. The van der Waals surface area contributed by atoms with Gasteiger partial charge in [-0.3, -0.25) is 4.79 Å². The zero-order valence-electron chi connectivity index (χ0n) is 11.0. The smallest absolute Gasteiger partial charge is 0.274 e. The van der Waals surface area contributed by atoms with Crippen LogP contribution in [0.5, 0.6) is 0 Å². The number of nitrogens with two attached hydrogens (primary N) is 1. The monoisotopic (exact) mass is 250 g/mol. The van der Waals surface area contributed by atoms with Crippen LogP contribution in [0.25, 0.3) is 0 Å². The van der Waals surface area contributed by atoms with Gasteiger partial charge in [0.2, 0.25) is 0 Å². The number of imidazole rings is 1. The molecular formula is C13H22N4O. The van der Waals surface area contributed by atoms with E-state index < -0.39 is 0 Å². The minimum Gasteiger partial charge on any atom is -0.340 e. The van der Waals surface area contributed by atoms with Gasteiger partial charge in [0, 0.05) is 32.4 Å². The molecule has 1 fully saturated rings. The highest BCUT2D eigenvalue weighted by atomic mass is 16.2. The van der Waals surface area contributed by atoms with E-state index in [0.717, 1.165) is 12.8 Å². The van der Waals surface area contributed by atoms with Crippen molar-refractivity contribution >= 4 is 5.91 Å². The number of rotatable bonds is 4. The first kappa shape index (κ1) is 13.1. The number of carbonyl (C=O) groups is 1. The molecule has 0 aromatic carbocycles. The molecule has 0 unspecified atom stereocenters. The van der Waals surface area contributed by atoms with Crippen molar-refractivity contribution < 1.29 is 4.79 Å². The van der Waals surface area contributed by atoms with Crippen LogP contribution in [0.1, 0.15) is 42.6 Å². The van der Waals surface area contributed by atoms with Gasteiger partial charge in [-0.05, 0) is 12.8 Å². The van der Waals surface area contributed by atoms with Gasteiger partial charge >= 0.3 is 0 Å². The predicted octanol–water partition coefficient (Wildman–Crippen LogP) is 1.15. The second-order valence-electron chi connectivity index (χ2n) is 5.00. The highest BCUT2D eigenvalue weighted by Crippen LogP contribution is 2.23. The maximum atomic E-state index is 12.4. The molecule has 0 aliphatic heterocycles. The average molecular weight is 250 g/mol. The van der Waals surface area contributed by atoms with E-state index in [1.54, 1.807) is 17.1 Å². The minimum atomic E-state index is 0.0213. The number of nitrogens with zero attached hydrogens (tertiary/aromatic N) is 3. The number of aromatic nitrogens is 2. The molecule has 1 aromatic heterocycles. The Bertz CT molecular complexity index is 395. The van der Waals surface area contributed by atoms with E-state index in [1.807, 2.05) is 11.9 Å². The Balaban J connectivity index is 2.10. The SMILES string of the molecule is Cn1cnc(C(=O)N(CCN)C2CCCCC2)c1. The van der Waals surface area contributed by atoms with Crippen molar-refractivity contribution in [3.8, 4) is 0 Å². The molecule has 1 heterocycles. The molecule has 0 radical (unpaired) electrons. The van der Waals surface area contributed by atoms with Crippen molar-refractivity contribution in [3.05, 3.63) is 18.2 Å². The normalized spacial score (nSPS) is 16.8. The third-order valence-corrected chi connectivity index (χ3v) is 3.57. The summed E-state index contributed by atoms with van der Waals surface area (Å²) >= 11 is 0. The molecule has 2 N–H and O–H groups in total. The van der Waals surface area contributed by atoms with E-state index >= 15 is 0 Å². The zero-order chi connectivity index (χ0) is 13.0. The fourth-order valence-electron chi connectivity index (χ4n) is 2.65. The van der Waals surface area contributed by atoms with E-state index in [9.17, 15) is 4.79 Å². The van der Waals surface area contributed by atoms with Gasteiger partial charge in [0.25, 0.3) is 5.91 Å². The fourth-order valence-corrected chi connectivity index (χ4v) is 2.65. The molecule has 1 saturated carbocycles. The average Bonchev–Trinajstić information content (AvgIpc) is 2.83. The quantitative estimate of drug-likeness (QED) is 0.872. The number of hydrogen-bond donors (Lipinski definition) is 1. The second-order valence-corrected chi connectivity index (χ2v) is 5.00. The van der Waals surface area contributed by atoms with Gasteiger partial charge in [-0.25, -0.2) is 4.98 Å². The summed E-state index contributed by atoms with van der Waals surface area (Å²) in [5, 5.41) is 0. The third kappa shape index (κ3) is 2.90. The molecule has 1 aliphatic carbocycles. The Morgan fingerprint density at radius 3 is 2.78 bits per heavy atom. The lowest BCUT2D eigenvalue weighted by Crippen LogP contribution is -2.44. The third-order valence-electron chi connectivity index (χ3n) is 3.57. The Labute approximate surface area is 108 Å². The van der Waals surface area contributed by atoms with Crippen LogP contribution in [0.2, 0.25) is 0 Å². The van der Waals surface area contributed by atoms with Crippen molar-refractivity contribution in [2.45, 2.75) is 38.1 Å². The van der Waals surface area contributed by atoms with Gasteiger partial charge in [0.15, 0.2) is 0 Å². The van der Waals surface area contributed by atoms with Gasteiger partial charge in [-0.2, -0.15) is 0 Å². The van der Waals surface area contributed by atoms with Crippen LogP contribution < -0.4 is 5.73 Å². The summed E-state index contributed by atoms with van der Waals surface area (Å²) in [5.41, 5.74) is 6.16. The predicted molar refractivity (Wildman–Crippen MR) is 70.2 cm³/mol. The molecule has 1 aromatic rings. The van der Waals surface area contributed by atoms with Crippen molar-refractivity contribution in [2.24, 2.45) is 12.8 Å². The fraction of sp³-hybridized carbons (Fsp3) is 0.692. The van der Waals surface area contributed by atoms with Gasteiger partial charge in [0.05, 0.1) is 6.33 Å². The first-order valence-corrected chi connectivity index (χ1v) is 6.71.